The molecule has 1 heterocycles. The van der Waals surface area contributed by atoms with Gasteiger partial charge in [0.05, 0.1) is 17.1 Å². The lowest BCUT2D eigenvalue weighted by Crippen LogP contribution is -2.30. The monoisotopic (exact) mass is 277 g/mol. The van der Waals surface area contributed by atoms with E-state index in [-0.39, 0.29) is 11.9 Å². The minimum Gasteiger partial charge on any atom is -0.341 e. The molecule has 1 N–H and O–H groups in total. The lowest BCUT2D eigenvalue weighted by atomic mass is 10.1. The van der Waals surface area contributed by atoms with Crippen LogP contribution in [0.5, 0.6) is 0 Å². The molecule has 0 saturated heterocycles. The van der Waals surface area contributed by atoms with Gasteiger partial charge in [0, 0.05) is 0 Å². The maximum Gasteiger partial charge on any atom is 0.125 e. The predicted molar refractivity (Wildman–Crippen MR) is 81.2 cm³/mol. The van der Waals surface area contributed by atoms with Gasteiger partial charge in [0.15, 0.2) is 0 Å². The van der Waals surface area contributed by atoms with Gasteiger partial charge in [-0.1, -0.05) is 20.8 Å². The van der Waals surface area contributed by atoms with Gasteiger partial charge in [-0.2, -0.15) is 0 Å². The van der Waals surface area contributed by atoms with Gasteiger partial charge in [-0.25, -0.2) is 9.37 Å². The van der Waals surface area contributed by atoms with Crippen molar-refractivity contribution in [2.75, 3.05) is 13.1 Å². The van der Waals surface area contributed by atoms with Crippen molar-refractivity contribution in [3.63, 3.8) is 0 Å². The number of hydrogen-bond acceptors (Lipinski definition) is 2. The molecule has 0 radical (unpaired) electrons. The Balaban J connectivity index is 2.31. The van der Waals surface area contributed by atoms with E-state index in [0.717, 1.165) is 49.2 Å². The predicted octanol–water partition coefficient (Wildman–Crippen LogP) is 4.28. The number of benzene rings is 1. The number of imidazole rings is 1. The molecule has 0 saturated carbocycles. The number of H-pyrrole nitrogens is 1. The summed E-state index contributed by atoms with van der Waals surface area (Å²) in [6.07, 6.45) is 3.26. The summed E-state index contributed by atoms with van der Waals surface area (Å²) in [5.74, 6) is 0.731. The summed E-state index contributed by atoms with van der Waals surface area (Å²) >= 11 is 0. The van der Waals surface area contributed by atoms with Gasteiger partial charge in [-0.05, 0) is 50.6 Å². The highest BCUT2D eigenvalue weighted by Gasteiger charge is 2.20. The molecule has 1 unspecified atom stereocenters. The highest BCUT2D eigenvalue weighted by molar-refractivity contribution is 5.75. The van der Waals surface area contributed by atoms with Crippen LogP contribution in [0.2, 0.25) is 0 Å². The van der Waals surface area contributed by atoms with Gasteiger partial charge >= 0.3 is 0 Å². The van der Waals surface area contributed by atoms with Crippen molar-refractivity contribution in [3.8, 4) is 0 Å². The van der Waals surface area contributed by atoms with E-state index in [9.17, 15) is 4.39 Å². The Morgan fingerprint density at radius 3 is 2.50 bits per heavy atom. The number of rotatable bonds is 7. The van der Waals surface area contributed by atoms with Gasteiger partial charge in [0.2, 0.25) is 0 Å². The molecule has 3 nitrogen and oxygen atoms in total. The van der Waals surface area contributed by atoms with Crippen LogP contribution >= 0.6 is 0 Å². The standard InChI is InChI=1S/C16H24FN3/c1-4-9-20(10-5-2)15(6-3)16-18-13-8-7-12(17)11-14(13)19-16/h7-8,11,15H,4-6,9-10H2,1-3H3,(H,18,19). The average Bonchev–Trinajstić information content (AvgIpc) is 2.82. The fourth-order valence-electron chi connectivity index (χ4n) is 2.78. The number of nitrogens with zero attached hydrogens (tertiary/aromatic N) is 2. The van der Waals surface area contributed by atoms with E-state index in [1.807, 2.05) is 0 Å². The van der Waals surface area contributed by atoms with E-state index in [1.54, 1.807) is 6.07 Å². The van der Waals surface area contributed by atoms with E-state index in [0.29, 0.717) is 0 Å². The summed E-state index contributed by atoms with van der Waals surface area (Å²) < 4.78 is 13.3. The molecule has 110 valence electrons. The van der Waals surface area contributed by atoms with Gasteiger partial charge in [-0.3, -0.25) is 4.90 Å². The molecule has 20 heavy (non-hydrogen) atoms. The molecule has 2 aromatic rings. The first-order valence-electron chi connectivity index (χ1n) is 7.58. The average molecular weight is 277 g/mol. The van der Waals surface area contributed by atoms with Crippen LogP contribution in [0.3, 0.4) is 0 Å². The van der Waals surface area contributed by atoms with Crippen molar-refractivity contribution in [1.29, 1.82) is 0 Å². The zero-order valence-electron chi connectivity index (χ0n) is 12.6. The molecule has 0 fully saturated rings. The molecular formula is C16H24FN3. The van der Waals surface area contributed by atoms with Gasteiger partial charge in [0.1, 0.15) is 11.6 Å². The summed E-state index contributed by atoms with van der Waals surface area (Å²) in [6.45, 7) is 8.71. The summed E-state index contributed by atoms with van der Waals surface area (Å²) in [4.78, 5) is 10.4. The van der Waals surface area contributed by atoms with Crippen molar-refractivity contribution in [3.05, 3.63) is 29.8 Å². The number of halogens is 1. The number of fused-ring (bicyclic) bond motifs is 1. The fourth-order valence-corrected chi connectivity index (χ4v) is 2.78. The second kappa shape index (κ2) is 6.84. The van der Waals surface area contributed by atoms with Crippen LogP contribution in [0, 0.1) is 5.82 Å². The maximum absolute atomic E-state index is 13.3. The van der Waals surface area contributed by atoms with Crippen molar-refractivity contribution in [1.82, 2.24) is 14.9 Å². The minimum atomic E-state index is -0.222. The Morgan fingerprint density at radius 2 is 1.90 bits per heavy atom. The molecular weight excluding hydrogens is 253 g/mol. The molecule has 0 aliphatic heterocycles. The van der Waals surface area contributed by atoms with E-state index in [1.165, 1.54) is 12.1 Å². The van der Waals surface area contributed by atoms with Gasteiger partial charge < -0.3 is 4.98 Å². The lowest BCUT2D eigenvalue weighted by Gasteiger charge is -2.29. The number of hydrogen-bond donors (Lipinski definition) is 1. The summed E-state index contributed by atoms with van der Waals surface area (Å²) in [6, 6.07) is 5.00. The van der Waals surface area contributed by atoms with E-state index in [4.69, 9.17) is 0 Å². The van der Waals surface area contributed by atoms with E-state index in [2.05, 4.69) is 35.6 Å². The molecule has 0 bridgehead atoms. The third-order valence-corrected chi connectivity index (χ3v) is 3.63. The molecule has 4 heteroatoms. The van der Waals surface area contributed by atoms with Crippen LogP contribution in [0.1, 0.15) is 51.9 Å². The smallest absolute Gasteiger partial charge is 0.125 e. The minimum absolute atomic E-state index is 0.222. The normalized spacial score (nSPS) is 13.2. The first kappa shape index (κ1) is 15.0. The molecule has 1 aromatic heterocycles. The van der Waals surface area contributed by atoms with Gasteiger partial charge in [-0.15, -0.1) is 0 Å². The van der Waals surface area contributed by atoms with Gasteiger partial charge in [0.25, 0.3) is 0 Å². The molecule has 0 aliphatic carbocycles. The summed E-state index contributed by atoms with van der Waals surface area (Å²) in [7, 11) is 0. The second-order valence-electron chi connectivity index (χ2n) is 5.24. The van der Waals surface area contributed by atoms with E-state index < -0.39 is 0 Å². The SMILES string of the molecule is CCCN(CCC)C(CC)c1nc2ccc(F)cc2[nH]1. The Hall–Kier alpha value is -1.42. The zero-order chi connectivity index (χ0) is 14.5. The van der Waals surface area contributed by atoms with Crippen LogP contribution in [0.15, 0.2) is 18.2 Å². The van der Waals surface area contributed by atoms with Crippen molar-refractivity contribution < 1.29 is 4.39 Å². The quantitative estimate of drug-likeness (QED) is 0.819. The Morgan fingerprint density at radius 1 is 1.20 bits per heavy atom. The molecule has 0 aliphatic rings. The highest BCUT2D eigenvalue weighted by atomic mass is 19.1. The number of aromatic nitrogens is 2. The van der Waals surface area contributed by atoms with Crippen LogP contribution < -0.4 is 0 Å². The van der Waals surface area contributed by atoms with Crippen LogP contribution in [0.25, 0.3) is 11.0 Å². The largest absolute Gasteiger partial charge is 0.341 e. The Labute approximate surface area is 120 Å². The van der Waals surface area contributed by atoms with Crippen LogP contribution in [0.4, 0.5) is 4.39 Å². The molecule has 0 spiro atoms. The topological polar surface area (TPSA) is 31.9 Å². The molecule has 1 aromatic carbocycles. The third-order valence-electron chi connectivity index (χ3n) is 3.63. The zero-order valence-corrected chi connectivity index (χ0v) is 12.6. The molecule has 1 atom stereocenters. The number of aromatic amines is 1. The van der Waals surface area contributed by atoms with E-state index >= 15 is 0 Å². The molecule has 2 rings (SSSR count). The van der Waals surface area contributed by atoms with Crippen LogP contribution in [-0.4, -0.2) is 28.0 Å². The lowest BCUT2D eigenvalue weighted by molar-refractivity contribution is 0.186. The van der Waals surface area contributed by atoms with Crippen molar-refractivity contribution in [2.45, 2.75) is 46.1 Å². The van der Waals surface area contributed by atoms with Crippen molar-refractivity contribution >= 4 is 11.0 Å². The maximum atomic E-state index is 13.3. The highest BCUT2D eigenvalue weighted by Crippen LogP contribution is 2.25. The third kappa shape index (κ3) is 3.18. The Bertz CT molecular complexity index is 544. The first-order chi connectivity index (χ1) is 9.69. The van der Waals surface area contributed by atoms with Crippen molar-refractivity contribution in [2.24, 2.45) is 0 Å². The summed E-state index contributed by atoms with van der Waals surface area (Å²) in [5, 5.41) is 0. The fraction of sp³-hybridized carbons (Fsp3) is 0.562. The molecule has 0 amide bonds. The first-order valence-corrected chi connectivity index (χ1v) is 7.58. The summed E-state index contributed by atoms with van der Waals surface area (Å²) in [5.41, 5.74) is 1.62. The second-order valence-corrected chi connectivity index (χ2v) is 5.24. The van der Waals surface area contributed by atoms with Crippen LogP contribution in [-0.2, 0) is 0 Å². The Kier molecular flexibility index (Phi) is 5.12. The number of nitrogens with one attached hydrogen (secondary N) is 1.